The monoisotopic (exact) mass is 244 g/mol. The summed E-state index contributed by atoms with van der Waals surface area (Å²) in [5.41, 5.74) is 1.55. The summed E-state index contributed by atoms with van der Waals surface area (Å²) in [5, 5.41) is 2.94. The molecule has 92 valence electrons. The average molecular weight is 244 g/mol. The van der Waals surface area contributed by atoms with Crippen molar-refractivity contribution in [1.82, 2.24) is 24.3 Å². The lowest BCUT2D eigenvalue weighted by atomic mass is 10.4. The van der Waals surface area contributed by atoms with E-state index in [1.807, 2.05) is 6.92 Å². The van der Waals surface area contributed by atoms with Gasteiger partial charge in [-0.3, -0.25) is 9.20 Å². The van der Waals surface area contributed by atoms with E-state index in [4.69, 9.17) is 0 Å². The molecule has 0 spiro atoms. The van der Waals surface area contributed by atoms with Crippen LogP contribution in [0, 0.1) is 0 Å². The van der Waals surface area contributed by atoms with Gasteiger partial charge in [0, 0.05) is 13.5 Å². The molecule has 3 heterocycles. The second kappa shape index (κ2) is 3.80. The molecule has 0 fully saturated rings. The van der Waals surface area contributed by atoms with Gasteiger partial charge in [0.05, 0.1) is 6.20 Å². The van der Waals surface area contributed by atoms with Crippen molar-refractivity contribution in [2.24, 2.45) is 0 Å². The van der Waals surface area contributed by atoms with Gasteiger partial charge in [0.2, 0.25) is 0 Å². The topological polar surface area (TPSA) is 88.0 Å². The van der Waals surface area contributed by atoms with Crippen LogP contribution in [0.25, 0.3) is 16.7 Å². The van der Waals surface area contributed by atoms with E-state index in [0.717, 1.165) is 12.2 Å². The number of fused-ring (bicyclic) bond motifs is 3. The Hall–Kier alpha value is -2.44. The van der Waals surface area contributed by atoms with Crippen LogP contribution in [0.15, 0.2) is 17.3 Å². The van der Waals surface area contributed by atoms with Gasteiger partial charge in [-0.1, -0.05) is 6.92 Å². The zero-order chi connectivity index (χ0) is 12.7. The van der Waals surface area contributed by atoms with E-state index in [2.05, 4.69) is 25.3 Å². The Labute approximate surface area is 102 Å². The van der Waals surface area contributed by atoms with E-state index in [1.165, 1.54) is 6.33 Å². The van der Waals surface area contributed by atoms with Crippen molar-refractivity contribution in [2.75, 3.05) is 12.4 Å². The molecule has 3 aromatic heterocycles. The molecule has 2 N–H and O–H groups in total. The fourth-order valence-corrected chi connectivity index (χ4v) is 2.06. The van der Waals surface area contributed by atoms with Crippen molar-refractivity contribution >= 4 is 22.5 Å². The van der Waals surface area contributed by atoms with Crippen molar-refractivity contribution in [3.8, 4) is 0 Å². The van der Waals surface area contributed by atoms with E-state index in [-0.39, 0.29) is 5.56 Å². The van der Waals surface area contributed by atoms with Crippen LogP contribution < -0.4 is 10.9 Å². The summed E-state index contributed by atoms with van der Waals surface area (Å²) in [6, 6.07) is 0. The second-order valence-corrected chi connectivity index (χ2v) is 3.87. The number of aromatic nitrogens is 5. The average Bonchev–Trinajstić information content (AvgIpc) is 2.83. The highest BCUT2D eigenvalue weighted by Crippen LogP contribution is 2.17. The summed E-state index contributed by atoms with van der Waals surface area (Å²) in [6.45, 7) is 1.99. The quantitative estimate of drug-likeness (QED) is 0.688. The van der Waals surface area contributed by atoms with Crippen LogP contribution in [-0.2, 0) is 6.42 Å². The fraction of sp³-hybridized carbons (Fsp3) is 0.273. The lowest BCUT2D eigenvalue weighted by molar-refractivity contribution is 0.935. The minimum atomic E-state index is -0.194. The summed E-state index contributed by atoms with van der Waals surface area (Å²) in [4.78, 5) is 27.3. The van der Waals surface area contributed by atoms with Gasteiger partial charge in [0.15, 0.2) is 11.5 Å². The summed E-state index contributed by atoms with van der Waals surface area (Å²) >= 11 is 0. The Balaban J connectivity index is 2.60. The third-order valence-electron chi connectivity index (χ3n) is 2.90. The first-order valence-electron chi connectivity index (χ1n) is 5.67. The van der Waals surface area contributed by atoms with Crippen LogP contribution in [0.2, 0.25) is 0 Å². The molecule has 7 heteroatoms. The van der Waals surface area contributed by atoms with Crippen molar-refractivity contribution in [2.45, 2.75) is 13.3 Å². The zero-order valence-corrected chi connectivity index (χ0v) is 10.1. The number of anilines is 1. The molecule has 0 atom stereocenters. The smallest absolute Gasteiger partial charge is 0.274 e. The molecule has 0 saturated carbocycles. The van der Waals surface area contributed by atoms with Crippen LogP contribution in [-0.4, -0.2) is 31.4 Å². The third-order valence-corrected chi connectivity index (χ3v) is 2.90. The summed E-state index contributed by atoms with van der Waals surface area (Å²) in [5.74, 6) is 1.40. The van der Waals surface area contributed by atoms with Gasteiger partial charge in [-0.05, 0) is 0 Å². The van der Waals surface area contributed by atoms with Crippen LogP contribution >= 0.6 is 0 Å². The highest BCUT2D eigenvalue weighted by molar-refractivity contribution is 5.84. The standard InChI is InChI=1S/C11H12N6O/c1-3-7-13-4-6-11(18)16-8-9(12-2)14-5-15-10(8)17(6)7/h4-5H,3H2,1-2H3,(H,16,18)(H,12,14,15). The van der Waals surface area contributed by atoms with Gasteiger partial charge in [0.1, 0.15) is 23.2 Å². The number of H-pyrrole nitrogens is 1. The number of hydrogen-bond donors (Lipinski definition) is 2. The van der Waals surface area contributed by atoms with Crippen molar-refractivity contribution in [3.63, 3.8) is 0 Å². The number of nitrogens with zero attached hydrogens (tertiary/aromatic N) is 4. The molecule has 0 radical (unpaired) electrons. The van der Waals surface area contributed by atoms with E-state index in [0.29, 0.717) is 22.5 Å². The molecule has 7 nitrogen and oxygen atoms in total. The maximum absolute atomic E-state index is 12.0. The lowest BCUT2D eigenvalue weighted by Gasteiger charge is -2.06. The van der Waals surface area contributed by atoms with Crippen molar-refractivity contribution < 1.29 is 0 Å². The van der Waals surface area contributed by atoms with Crippen LogP contribution in [0.5, 0.6) is 0 Å². The molecule has 18 heavy (non-hydrogen) atoms. The SMILES string of the molecule is CCc1ncc2c(=O)[nH]c3c(NC)ncnc3n12. The van der Waals surface area contributed by atoms with E-state index >= 15 is 0 Å². The molecule has 0 unspecified atom stereocenters. The first kappa shape index (κ1) is 10.7. The first-order valence-corrected chi connectivity index (χ1v) is 5.67. The lowest BCUT2D eigenvalue weighted by Crippen LogP contribution is -2.13. The normalized spacial score (nSPS) is 11.2. The number of nitrogens with one attached hydrogen (secondary N) is 2. The molecule has 3 aromatic rings. The predicted molar refractivity (Wildman–Crippen MR) is 67.8 cm³/mol. The number of rotatable bonds is 2. The number of hydrogen-bond acceptors (Lipinski definition) is 5. The Kier molecular flexibility index (Phi) is 2.26. The fourth-order valence-electron chi connectivity index (χ4n) is 2.06. The predicted octanol–water partition coefficient (Wildman–Crippen LogP) is 0.570. The van der Waals surface area contributed by atoms with Gasteiger partial charge in [-0.15, -0.1) is 0 Å². The highest BCUT2D eigenvalue weighted by atomic mass is 16.1. The molecule has 3 rings (SSSR count). The van der Waals surface area contributed by atoms with Crippen LogP contribution in [0.4, 0.5) is 5.82 Å². The first-order chi connectivity index (χ1) is 8.76. The highest BCUT2D eigenvalue weighted by Gasteiger charge is 2.13. The largest absolute Gasteiger partial charge is 0.371 e. The van der Waals surface area contributed by atoms with Gasteiger partial charge >= 0.3 is 0 Å². The number of aryl methyl sites for hydroxylation is 1. The number of aromatic amines is 1. The molecular formula is C11H12N6O. The Morgan fingerprint density at radius 3 is 2.94 bits per heavy atom. The molecule has 0 aliphatic rings. The van der Waals surface area contributed by atoms with E-state index in [1.54, 1.807) is 17.6 Å². The molecule has 0 aliphatic heterocycles. The Morgan fingerprint density at radius 1 is 1.39 bits per heavy atom. The zero-order valence-electron chi connectivity index (χ0n) is 10.1. The maximum Gasteiger partial charge on any atom is 0.274 e. The second-order valence-electron chi connectivity index (χ2n) is 3.87. The molecular weight excluding hydrogens is 232 g/mol. The van der Waals surface area contributed by atoms with Crippen LogP contribution in [0.3, 0.4) is 0 Å². The van der Waals surface area contributed by atoms with E-state index < -0.39 is 0 Å². The molecule has 0 aliphatic carbocycles. The minimum absolute atomic E-state index is 0.194. The van der Waals surface area contributed by atoms with Crippen LogP contribution in [0.1, 0.15) is 12.7 Å². The maximum atomic E-state index is 12.0. The van der Waals surface area contributed by atoms with E-state index in [9.17, 15) is 4.79 Å². The van der Waals surface area contributed by atoms with Gasteiger partial charge < -0.3 is 10.3 Å². The van der Waals surface area contributed by atoms with Crippen molar-refractivity contribution in [1.29, 1.82) is 0 Å². The number of imidazole rings is 1. The third kappa shape index (κ3) is 1.30. The summed E-state index contributed by atoms with van der Waals surface area (Å²) in [7, 11) is 1.75. The molecule has 0 amide bonds. The molecule has 0 saturated heterocycles. The Bertz CT molecular complexity index is 787. The molecule has 0 bridgehead atoms. The minimum Gasteiger partial charge on any atom is -0.371 e. The van der Waals surface area contributed by atoms with Crippen molar-refractivity contribution in [3.05, 3.63) is 28.7 Å². The summed E-state index contributed by atoms with van der Waals surface area (Å²) in [6.07, 6.45) is 3.76. The molecule has 0 aromatic carbocycles. The Morgan fingerprint density at radius 2 is 2.22 bits per heavy atom. The van der Waals surface area contributed by atoms with Gasteiger partial charge in [-0.2, -0.15) is 0 Å². The van der Waals surface area contributed by atoms with Gasteiger partial charge in [-0.25, -0.2) is 15.0 Å². The van der Waals surface area contributed by atoms with Gasteiger partial charge in [0.25, 0.3) is 5.56 Å². The summed E-state index contributed by atoms with van der Waals surface area (Å²) < 4.78 is 1.77.